The summed E-state index contributed by atoms with van der Waals surface area (Å²) in [6.45, 7) is 0. The van der Waals surface area contributed by atoms with Crippen LogP contribution in [-0.4, -0.2) is 32.7 Å². The summed E-state index contributed by atoms with van der Waals surface area (Å²) in [4.78, 5) is 34.3. The second-order valence-corrected chi connectivity index (χ2v) is 6.12. The topological polar surface area (TPSA) is 106 Å². The summed E-state index contributed by atoms with van der Waals surface area (Å²) in [6, 6.07) is 15.2. The zero-order chi connectivity index (χ0) is 20.4. The van der Waals surface area contributed by atoms with E-state index in [2.05, 4.69) is 15.3 Å². The van der Waals surface area contributed by atoms with E-state index in [1.54, 1.807) is 48.5 Å². The molecule has 8 nitrogen and oxygen atoms in total. The molecule has 0 saturated heterocycles. The van der Waals surface area contributed by atoms with Crippen molar-refractivity contribution in [2.45, 2.75) is 0 Å². The quantitative estimate of drug-likeness (QED) is 0.557. The molecule has 0 fully saturated rings. The van der Waals surface area contributed by atoms with E-state index in [0.717, 1.165) is 0 Å². The van der Waals surface area contributed by atoms with Crippen LogP contribution < -0.4 is 15.6 Å². The molecular formula is C21H16N4O4. The van der Waals surface area contributed by atoms with Crippen LogP contribution in [0.2, 0.25) is 0 Å². The van der Waals surface area contributed by atoms with Crippen LogP contribution in [0.4, 0.5) is 5.69 Å². The number of amides is 1. The van der Waals surface area contributed by atoms with Crippen LogP contribution in [0.15, 0.2) is 71.8 Å². The summed E-state index contributed by atoms with van der Waals surface area (Å²) >= 11 is 0. The Bertz CT molecular complexity index is 1250. The fourth-order valence-electron chi connectivity index (χ4n) is 2.99. The molecule has 0 radical (unpaired) electrons. The van der Waals surface area contributed by atoms with Crippen LogP contribution >= 0.6 is 0 Å². The monoisotopic (exact) mass is 388 g/mol. The summed E-state index contributed by atoms with van der Waals surface area (Å²) in [5.41, 5.74) is 0.0708. The van der Waals surface area contributed by atoms with E-state index in [0.29, 0.717) is 17.3 Å². The van der Waals surface area contributed by atoms with Gasteiger partial charge in [-0.3, -0.25) is 14.2 Å². The SMILES string of the molecule is COc1ccc(NC(=O)c2c(O)c3cccnc3n(-c3ccccc3)c2=O)cn1. The highest BCUT2D eigenvalue weighted by Crippen LogP contribution is 2.27. The number of nitrogens with zero attached hydrogens (tertiary/aromatic N) is 3. The number of benzene rings is 1. The molecule has 1 amide bonds. The molecule has 0 aliphatic rings. The average Bonchev–Trinajstić information content (AvgIpc) is 2.75. The predicted molar refractivity (Wildman–Crippen MR) is 108 cm³/mol. The molecule has 0 unspecified atom stereocenters. The average molecular weight is 388 g/mol. The van der Waals surface area contributed by atoms with Gasteiger partial charge in [-0.2, -0.15) is 0 Å². The van der Waals surface area contributed by atoms with Crippen molar-refractivity contribution >= 4 is 22.6 Å². The number of hydrogen-bond donors (Lipinski definition) is 2. The van der Waals surface area contributed by atoms with E-state index in [1.807, 2.05) is 6.07 Å². The van der Waals surface area contributed by atoms with E-state index in [9.17, 15) is 14.7 Å². The Labute approximate surface area is 165 Å². The number of methoxy groups -OCH3 is 1. The number of ether oxygens (including phenoxy) is 1. The lowest BCUT2D eigenvalue weighted by molar-refractivity contribution is 0.102. The largest absolute Gasteiger partial charge is 0.506 e. The van der Waals surface area contributed by atoms with Crippen molar-refractivity contribution < 1.29 is 14.6 Å². The van der Waals surface area contributed by atoms with E-state index >= 15 is 0 Å². The molecule has 8 heteroatoms. The molecule has 0 bridgehead atoms. The van der Waals surface area contributed by atoms with Gasteiger partial charge in [0.05, 0.1) is 30.1 Å². The number of carbonyl (C=O) groups excluding carboxylic acids is 1. The molecule has 0 spiro atoms. The predicted octanol–water partition coefficient (Wildman–Crippen LogP) is 2.75. The number of nitrogens with one attached hydrogen (secondary N) is 1. The maximum Gasteiger partial charge on any atom is 0.273 e. The van der Waals surface area contributed by atoms with Gasteiger partial charge in [-0.1, -0.05) is 18.2 Å². The molecule has 29 heavy (non-hydrogen) atoms. The lowest BCUT2D eigenvalue weighted by Gasteiger charge is -2.14. The fourth-order valence-corrected chi connectivity index (χ4v) is 2.99. The minimum absolute atomic E-state index is 0.254. The van der Waals surface area contributed by atoms with Gasteiger partial charge >= 0.3 is 0 Å². The second kappa shape index (κ2) is 7.43. The Balaban J connectivity index is 1.88. The van der Waals surface area contributed by atoms with Crippen LogP contribution in [0.25, 0.3) is 16.7 Å². The summed E-state index contributed by atoms with van der Waals surface area (Å²) < 4.78 is 6.29. The van der Waals surface area contributed by atoms with Gasteiger partial charge in [0, 0.05) is 12.3 Å². The third-order valence-electron chi connectivity index (χ3n) is 4.35. The highest BCUT2D eigenvalue weighted by molar-refractivity contribution is 6.08. The van der Waals surface area contributed by atoms with Crippen molar-refractivity contribution in [3.63, 3.8) is 0 Å². The normalized spacial score (nSPS) is 10.7. The summed E-state index contributed by atoms with van der Waals surface area (Å²) in [5, 5.41) is 13.6. The van der Waals surface area contributed by atoms with E-state index in [1.165, 1.54) is 24.1 Å². The van der Waals surface area contributed by atoms with E-state index in [-0.39, 0.29) is 16.6 Å². The fraction of sp³-hybridized carbons (Fsp3) is 0.0476. The number of anilines is 1. The first-order chi connectivity index (χ1) is 14.1. The highest BCUT2D eigenvalue weighted by atomic mass is 16.5. The maximum atomic E-state index is 13.2. The highest BCUT2D eigenvalue weighted by Gasteiger charge is 2.23. The lowest BCUT2D eigenvalue weighted by Crippen LogP contribution is -2.29. The second-order valence-electron chi connectivity index (χ2n) is 6.12. The summed E-state index contributed by atoms with van der Waals surface area (Å²) in [7, 11) is 1.48. The number of carbonyl (C=O) groups is 1. The van der Waals surface area contributed by atoms with Crippen molar-refractivity contribution in [3.8, 4) is 17.3 Å². The van der Waals surface area contributed by atoms with Crippen LogP contribution in [0, 0.1) is 0 Å². The smallest absolute Gasteiger partial charge is 0.273 e. The molecule has 1 aromatic carbocycles. The Morgan fingerprint density at radius 1 is 1.07 bits per heavy atom. The van der Waals surface area contributed by atoms with Gasteiger partial charge in [0.15, 0.2) is 5.65 Å². The van der Waals surface area contributed by atoms with Gasteiger partial charge < -0.3 is 15.2 Å². The molecule has 2 N–H and O–H groups in total. The Hall–Kier alpha value is -4.20. The van der Waals surface area contributed by atoms with Crippen LogP contribution in [0.1, 0.15) is 10.4 Å². The van der Waals surface area contributed by atoms with Crippen LogP contribution in [-0.2, 0) is 0 Å². The first-order valence-electron chi connectivity index (χ1n) is 8.69. The van der Waals surface area contributed by atoms with Gasteiger partial charge in [0.1, 0.15) is 11.3 Å². The zero-order valence-corrected chi connectivity index (χ0v) is 15.4. The molecule has 3 aromatic heterocycles. The maximum absolute atomic E-state index is 13.2. The summed E-state index contributed by atoms with van der Waals surface area (Å²) in [5.74, 6) is -0.798. The third-order valence-corrected chi connectivity index (χ3v) is 4.35. The molecule has 4 aromatic rings. The number of para-hydroxylation sites is 1. The van der Waals surface area contributed by atoms with Gasteiger partial charge in [0.25, 0.3) is 11.5 Å². The summed E-state index contributed by atoms with van der Waals surface area (Å²) in [6.07, 6.45) is 2.91. The standard InChI is InChI=1S/C21H16N4O4/c1-29-16-10-9-13(12-23-16)24-20(27)17-18(26)15-8-5-11-22-19(15)25(21(17)28)14-6-3-2-4-7-14/h2-12,26H,1H3,(H,24,27). The van der Waals surface area contributed by atoms with Crippen molar-refractivity contribution in [2.24, 2.45) is 0 Å². The van der Waals surface area contributed by atoms with E-state index in [4.69, 9.17) is 4.74 Å². The lowest BCUT2D eigenvalue weighted by atomic mass is 10.1. The van der Waals surface area contributed by atoms with Gasteiger partial charge in [0.2, 0.25) is 5.88 Å². The molecule has 4 rings (SSSR count). The molecular weight excluding hydrogens is 372 g/mol. The molecule has 3 heterocycles. The van der Waals surface area contributed by atoms with E-state index < -0.39 is 17.2 Å². The van der Waals surface area contributed by atoms with Crippen LogP contribution in [0.3, 0.4) is 0 Å². The van der Waals surface area contributed by atoms with Crippen molar-refractivity contribution in [1.82, 2.24) is 14.5 Å². The van der Waals surface area contributed by atoms with Gasteiger partial charge in [-0.25, -0.2) is 9.97 Å². The van der Waals surface area contributed by atoms with Crippen molar-refractivity contribution in [3.05, 3.63) is 82.9 Å². The number of pyridine rings is 3. The number of aromatic hydroxyl groups is 1. The van der Waals surface area contributed by atoms with Crippen molar-refractivity contribution in [2.75, 3.05) is 12.4 Å². The number of aromatic nitrogens is 3. The first kappa shape index (κ1) is 18.2. The van der Waals surface area contributed by atoms with Gasteiger partial charge in [-0.15, -0.1) is 0 Å². The first-order valence-corrected chi connectivity index (χ1v) is 8.69. The Morgan fingerprint density at radius 2 is 1.86 bits per heavy atom. The third kappa shape index (κ3) is 3.27. The molecule has 0 aliphatic heterocycles. The molecule has 144 valence electrons. The Kier molecular flexibility index (Phi) is 4.66. The minimum Gasteiger partial charge on any atom is -0.506 e. The number of hydrogen-bond acceptors (Lipinski definition) is 6. The number of rotatable bonds is 4. The minimum atomic E-state index is -0.755. The number of fused-ring (bicyclic) bond motifs is 1. The molecule has 0 aliphatic carbocycles. The van der Waals surface area contributed by atoms with Gasteiger partial charge in [-0.05, 0) is 30.3 Å². The Morgan fingerprint density at radius 3 is 2.55 bits per heavy atom. The molecule has 0 atom stereocenters. The zero-order valence-electron chi connectivity index (χ0n) is 15.4. The van der Waals surface area contributed by atoms with Crippen LogP contribution in [0.5, 0.6) is 11.6 Å². The van der Waals surface area contributed by atoms with Crippen molar-refractivity contribution in [1.29, 1.82) is 0 Å². The molecule has 0 saturated carbocycles.